The standard InChI is InChI=1S/C16H13BrClN5O/c1-9-14(16(24)21-13-7-6-10(18)8-20-13)15(19)23(22-9)12-5-3-2-4-11(12)17/h2-8H,19H2,1H3,(H,20,21,24). The van der Waals surface area contributed by atoms with Crippen LogP contribution >= 0.6 is 27.5 Å². The van der Waals surface area contributed by atoms with E-state index in [0.717, 1.165) is 10.2 Å². The van der Waals surface area contributed by atoms with Crippen LogP contribution in [0.25, 0.3) is 5.69 Å². The molecule has 0 fully saturated rings. The van der Waals surface area contributed by atoms with Crippen LogP contribution in [0.3, 0.4) is 0 Å². The number of rotatable bonds is 3. The third kappa shape index (κ3) is 3.13. The number of para-hydroxylation sites is 1. The van der Waals surface area contributed by atoms with E-state index in [0.29, 0.717) is 22.1 Å². The van der Waals surface area contributed by atoms with Crippen LogP contribution in [0.2, 0.25) is 5.02 Å². The largest absolute Gasteiger partial charge is 0.383 e. The van der Waals surface area contributed by atoms with Crippen molar-refractivity contribution in [1.29, 1.82) is 0 Å². The van der Waals surface area contributed by atoms with Crippen molar-refractivity contribution in [2.75, 3.05) is 11.1 Å². The first-order chi connectivity index (χ1) is 11.5. The number of hydrogen-bond acceptors (Lipinski definition) is 4. The minimum atomic E-state index is -0.377. The van der Waals surface area contributed by atoms with Gasteiger partial charge < -0.3 is 11.1 Å². The van der Waals surface area contributed by atoms with Gasteiger partial charge in [-0.1, -0.05) is 23.7 Å². The number of benzene rings is 1. The molecule has 8 heteroatoms. The number of aryl methyl sites for hydroxylation is 1. The van der Waals surface area contributed by atoms with Gasteiger partial charge in [0.2, 0.25) is 0 Å². The summed E-state index contributed by atoms with van der Waals surface area (Å²) >= 11 is 9.25. The molecule has 2 heterocycles. The Labute approximate surface area is 151 Å². The summed E-state index contributed by atoms with van der Waals surface area (Å²) in [6.45, 7) is 1.73. The number of nitrogens with zero attached hydrogens (tertiary/aromatic N) is 3. The van der Waals surface area contributed by atoms with Crippen LogP contribution < -0.4 is 11.1 Å². The number of carbonyl (C=O) groups excluding carboxylic acids is 1. The lowest BCUT2D eigenvalue weighted by molar-refractivity contribution is 0.102. The first-order valence-electron chi connectivity index (χ1n) is 7.00. The smallest absolute Gasteiger partial charge is 0.262 e. The molecule has 0 aliphatic rings. The number of halogens is 2. The number of nitrogens with one attached hydrogen (secondary N) is 1. The Kier molecular flexibility index (Phi) is 4.55. The van der Waals surface area contributed by atoms with Crippen LogP contribution in [-0.2, 0) is 0 Å². The quantitative estimate of drug-likeness (QED) is 0.692. The monoisotopic (exact) mass is 405 g/mol. The van der Waals surface area contributed by atoms with Crippen molar-refractivity contribution in [3.63, 3.8) is 0 Å². The fraction of sp³-hybridized carbons (Fsp3) is 0.0625. The van der Waals surface area contributed by atoms with Crippen LogP contribution in [0, 0.1) is 6.92 Å². The Morgan fingerprint density at radius 1 is 1.29 bits per heavy atom. The molecule has 0 aliphatic carbocycles. The molecule has 0 bridgehead atoms. The van der Waals surface area contributed by atoms with Crippen molar-refractivity contribution in [3.8, 4) is 5.69 Å². The molecule has 122 valence electrons. The van der Waals surface area contributed by atoms with Crippen LogP contribution in [0.1, 0.15) is 16.1 Å². The summed E-state index contributed by atoms with van der Waals surface area (Å²) in [6, 6.07) is 10.8. The van der Waals surface area contributed by atoms with E-state index < -0.39 is 0 Å². The van der Waals surface area contributed by atoms with Gasteiger partial charge in [0, 0.05) is 10.7 Å². The summed E-state index contributed by atoms with van der Waals surface area (Å²) in [4.78, 5) is 16.6. The minimum Gasteiger partial charge on any atom is -0.383 e. The SMILES string of the molecule is Cc1nn(-c2ccccc2Br)c(N)c1C(=O)Nc1ccc(Cl)cn1. The zero-order chi connectivity index (χ0) is 17.3. The highest BCUT2D eigenvalue weighted by molar-refractivity contribution is 9.10. The van der Waals surface area contributed by atoms with E-state index >= 15 is 0 Å². The number of carbonyl (C=O) groups is 1. The number of nitrogens with two attached hydrogens (primary N) is 1. The molecule has 24 heavy (non-hydrogen) atoms. The van der Waals surface area contributed by atoms with Crippen LogP contribution in [0.4, 0.5) is 11.6 Å². The maximum absolute atomic E-state index is 12.5. The van der Waals surface area contributed by atoms with Gasteiger partial charge >= 0.3 is 0 Å². The first-order valence-corrected chi connectivity index (χ1v) is 8.17. The number of anilines is 2. The van der Waals surface area contributed by atoms with Gasteiger partial charge in [0.05, 0.1) is 16.4 Å². The molecule has 0 spiro atoms. The molecule has 0 saturated heterocycles. The Morgan fingerprint density at radius 3 is 2.71 bits per heavy atom. The first kappa shape index (κ1) is 16.5. The van der Waals surface area contributed by atoms with E-state index in [9.17, 15) is 4.79 Å². The number of aromatic nitrogens is 3. The molecular formula is C16H13BrClN5O. The third-order valence-corrected chi connectivity index (χ3v) is 4.27. The fourth-order valence-corrected chi connectivity index (χ4v) is 2.83. The van der Waals surface area contributed by atoms with Crippen LogP contribution in [0.15, 0.2) is 47.1 Å². The lowest BCUT2D eigenvalue weighted by Gasteiger charge is -2.07. The van der Waals surface area contributed by atoms with Crippen molar-refractivity contribution in [3.05, 3.63) is 63.3 Å². The third-order valence-electron chi connectivity index (χ3n) is 3.37. The van der Waals surface area contributed by atoms with Crippen LogP contribution in [-0.4, -0.2) is 20.7 Å². The van der Waals surface area contributed by atoms with E-state index in [1.54, 1.807) is 19.1 Å². The second kappa shape index (κ2) is 6.62. The summed E-state index contributed by atoms with van der Waals surface area (Å²) in [5.74, 6) is 0.265. The van der Waals surface area contributed by atoms with Gasteiger partial charge in [-0.05, 0) is 47.1 Å². The van der Waals surface area contributed by atoms with Crippen molar-refractivity contribution in [1.82, 2.24) is 14.8 Å². The van der Waals surface area contributed by atoms with E-state index in [4.69, 9.17) is 17.3 Å². The number of nitrogen functional groups attached to an aromatic ring is 1. The summed E-state index contributed by atoms with van der Waals surface area (Å²) < 4.78 is 2.36. The molecule has 0 atom stereocenters. The fourth-order valence-electron chi connectivity index (χ4n) is 2.26. The normalized spacial score (nSPS) is 10.6. The molecule has 2 aromatic heterocycles. The molecule has 0 radical (unpaired) electrons. The number of amides is 1. The van der Waals surface area contributed by atoms with E-state index in [-0.39, 0.29) is 11.7 Å². The van der Waals surface area contributed by atoms with Gasteiger partial charge in [0.1, 0.15) is 17.2 Å². The Bertz CT molecular complexity index is 907. The molecule has 6 nitrogen and oxygen atoms in total. The minimum absolute atomic E-state index is 0.255. The number of pyridine rings is 1. The van der Waals surface area contributed by atoms with Crippen molar-refractivity contribution in [2.24, 2.45) is 0 Å². The Hall–Kier alpha value is -2.38. The molecule has 0 saturated carbocycles. The summed E-state index contributed by atoms with van der Waals surface area (Å²) in [7, 11) is 0. The molecule has 3 N–H and O–H groups in total. The van der Waals surface area contributed by atoms with Crippen molar-refractivity contribution in [2.45, 2.75) is 6.92 Å². The van der Waals surface area contributed by atoms with Gasteiger partial charge in [0.25, 0.3) is 5.91 Å². The second-order valence-electron chi connectivity index (χ2n) is 5.02. The molecule has 1 aromatic carbocycles. The molecule has 0 unspecified atom stereocenters. The Balaban J connectivity index is 1.96. The predicted molar refractivity (Wildman–Crippen MR) is 97.6 cm³/mol. The maximum atomic E-state index is 12.5. The average molecular weight is 407 g/mol. The molecular weight excluding hydrogens is 394 g/mol. The molecule has 1 amide bonds. The lowest BCUT2D eigenvalue weighted by Crippen LogP contribution is -2.15. The summed E-state index contributed by atoms with van der Waals surface area (Å²) in [5, 5.41) is 7.56. The maximum Gasteiger partial charge on any atom is 0.262 e. The number of hydrogen-bond donors (Lipinski definition) is 2. The van der Waals surface area contributed by atoms with Gasteiger partial charge in [-0.2, -0.15) is 5.10 Å². The topological polar surface area (TPSA) is 85.8 Å². The highest BCUT2D eigenvalue weighted by atomic mass is 79.9. The highest BCUT2D eigenvalue weighted by Crippen LogP contribution is 2.26. The zero-order valence-corrected chi connectivity index (χ0v) is 15.0. The van der Waals surface area contributed by atoms with Crippen molar-refractivity contribution >= 4 is 45.1 Å². The van der Waals surface area contributed by atoms with Crippen molar-refractivity contribution < 1.29 is 4.79 Å². The van der Waals surface area contributed by atoms with Gasteiger partial charge in [0.15, 0.2) is 0 Å². The van der Waals surface area contributed by atoms with Gasteiger partial charge in [-0.3, -0.25) is 4.79 Å². The van der Waals surface area contributed by atoms with Gasteiger partial charge in [-0.25, -0.2) is 9.67 Å². The highest BCUT2D eigenvalue weighted by Gasteiger charge is 2.21. The van der Waals surface area contributed by atoms with E-state index in [1.807, 2.05) is 24.3 Å². The van der Waals surface area contributed by atoms with Gasteiger partial charge in [-0.15, -0.1) is 0 Å². The summed E-state index contributed by atoms with van der Waals surface area (Å²) in [5.41, 5.74) is 7.74. The lowest BCUT2D eigenvalue weighted by atomic mass is 10.2. The second-order valence-corrected chi connectivity index (χ2v) is 6.32. The van der Waals surface area contributed by atoms with E-state index in [1.165, 1.54) is 10.9 Å². The average Bonchev–Trinajstić information content (AvgIpc) is 2.85. The van der Waals surface area contributed by atoms with E-state index in [2.05, 4.69) is 31.3 Å². The molecule has 0 aliphatic heterocycles. The Morgan fingerprint density at radius 2 is 2.04 bits per heavy atom. The molecule has 3 aromatic rings. The predicted octanol–water partition coefficient (Wildman–Crippen LogP) is 3.83. The summed E-state index contributed by atoms with van der Waals surface area (Å²) in [6.07, 6.45) is 1.46. The zero-order valence-electron chi connectivity index (χ0n) is 12.6. The van der Waals surface area contributed by atoms with Crippen LogP contribution in [0.5, 0.6) is 0 Å². The molecule has 3 rings (SSSR count).